The van der Waals surface area contributed by atoms with Crippen LogP contribution >= 0.6 is 0 Å². The molecule has 2 rings (SSSR count). The molecular formula is C9H12F3N3. The number of nitrogens with one attached hydrogen (secondary N) is 1. The maximum atomic E-state index is 12.5. The first-order valence-electron chi connectivity index (χ1n) is 4.77. The van der Waals surface area contributed by atoms with Gasteiger partial charge in [0.15, 0.2) is 5.69 Å². The van der Waals surface area contributed by atoms with Crippen molar-refractivity contribution in [2.45, 2.75) is 12.6 Å². The van der Waals surface area contributed by atoms with Crippen LogP contribution in [0, 0.1) is 5.92 Å². The van der Waals surface area contributed by atoms with Gasteiger partial charge in [-0.2, -0.15) is 18.3 Å². The van der Waals surface area contributed by atoms with Gasteiger partial charge in [-0.3, -0.25) is 4.68 Å². The first-order valence-corrected chi connectivity index (χ1v) is 4.77. The van der Waals surface area contributed by atoms with Gasteiger partial charge in [-0.05, 0) is 25.4 Å². The van der Waals surface area contributed by atoms with Crippen molar-refractivity contribution in [3.8, 4) is 0 Å². The maximum Gasteiger partial charge on any atom is 0.435 e. The molecule has 0 radical (unpaired) electrons. The predicted molar refractivity (Wildman–Crippen MR) is 48.3 cm³/mol. The summed E-state index contributed by atoms with van der Waals surface area (Å²) >= 11 is 0. The van der Waals surface area contributed by atoms with Gasteiger partial charge in [0, 0.05) is 18.8 Å². The summed E-state index contributed by atoms with van der Waals surface area (Å²) in [5.41, 5.74) is -0.437. The molecule has 0 saturated carbocycles. The highest BCUT2D eigenvalue weighted by Crippen LogP contribution is 2.31. The Balaban J connectivity index is 2.20. The van der Waals surface area contributed by atoms with Crippen molar-refractivity contribution in [2.75, 3.05) is 13.1 Å². The van der Waals surface area contributed by atoms with E-state index in [0.717, 1.165) is 13.1 Å². The second-order valence-corrected chi connectivity index (χ2v) is 3.90. The highest BCUT2D eigenvalue weighted by molar-refractivity contribution is 5.21. The number of rotatable bonds is 2. The van der Waals surface area contributed by atoms with Crippen LogP contribution < -0.4 is 5.32 Å². The summed E-state index contributed by atoms with van der Waals surface area (Å²) in [7, 11) is 1.51. The summed E-state index contributed by atoms with van der Waals surface area (Å²) in [6, 6.07) is 0. The smallest absolute Gasteiger partial charge is 0.316 e. The lowest BCUT2D eigenvalue weighted by Crippen LogP contribution is -2.43. The molecule has 0 aliphatic carbocycles. The van der Waals surface area contributed by atoms with Gasteiger partial charge < -0.3 is 5.32 Å². The normalized spacial score (nSPS) is 17.9. The van der Waals surface area contributed by atoms with Crippen LogP contribution in [-0.4, -0.2) is 22.9 Å². The minimum Gasteiger partial charge on any atom is -0.316 e. The fourth-order valence-corrected chi connectivity index (χ4v) is 1.73. The number of hydrogen-bond acceptors (Lipinski definition) is 2. The van der Waals surface area contributed by atoms with E-state index in [0.29, 0.717) is 17.9 Å². The monoisotopic (exact) mass is 219 g/mol. The summed E-state index contributed by atoms with van der Waals surface area (Å²) < 4.78 is 38.9. The summed E-state index contributed by atoms with van der Waals surface area (Å²) in [6.07, 6.45) is -2.43. The number of nitrogens with zero attached hydrogens (tertiary/aromatic N) is 2. The van der Waals surface area contributed by atoms with Crippen molar-refractivity contribution in [1.82, 2.24) is 15.1 Å². The zero-order valence-electron chi connectivity index (χ0n) is 8.30. The molecule has 0 atom stereocenters. The second kappa shape index (κ2) is 3.52. The minimum absolute atomic E-state index is 0.302. The van der Waals surface area contributed by atoms with Gasteiger partial charge in [0.05, 0.1) is 0 Å². The molecule has 3 nitrogen and oxygen atoms in total. The second-order valence-electron chi connectivity index (χ2n) is 3.90. The molecule has 0 amide bonds. The molecule has 1 aliphatic heterocycles. The van der Waals surface area contributed by atoms with Crippen molar-refractivity contribution in [1.29, 1.82) is 0 Å². The molecule has 1 aromatic rings. The van der Waals surface area contributed by atoms with E-state index < -0.39 is 11.9 Å². The van der Waals surface area contributed by atoms with Crippen LogP contribution in [0.25, 0.3) is 0 Å². The summed E-state index contributed by atoms with van der Waals surface area (Å²) in [5, 5.41) is 6.50. The van der Waals surface area contributed by atoms with Crippen LogP contribution in [-0.2, 0) is 19.6 Å². The molecule has 0 aromatic carbocycles. The molecule has 1 saturated heterocycles. The van der Waals surface area contributed by atoms with Crippen LogP contribution in [0.1, 0.15) is 11.3 Å². The van der Waals surface area contributed by atoms with Gasteiger partial charge in [0.1, 0.15) is 0 Å². The lowest BCUT2D eigenvalue weighted by atomic mass is 9.94. The molecule has 15 heavy (non-hydrogen) atoms. The van der Waals surface area contributed by atoms with E-state index >= 15 is 0 Å². The Hall–Kier alpha value is -1.04. The summed E-state index contributed by atoms with van der Waals surface area (Å²) in [5.74, 6) is 0.315. The Labute approximate surface area is 85.3 Å². The quantitative estimate of drug-likeness (QED) is 0.810. The van der Waals surface area contributed by atoms with Crippen LogP contribution in [0.3, 0.4) is 0 Å². The van der Waals surface area contributed by atoms with E-state index in [1.165, 1.54) is 17.9 Å². The molecule has 0 bridgehead atoms. The average Bonchev–Trinajstić information content (AvgIpc) is 2.38. The summed E-state index contributed by atoms with van der Waals surface area (Å²) in [4.78, 5) is 0. The van der Waals surface area contributed by atoms with Crippen molar-refractivity contribution < 1.29 is 13.2 Å². The van der Waals surface area contributed by atoms with E-state index in [1.54, 1.807) is 0 Å². The number of hydrogen-bond donors (Lipinski definition) is 1. The van der Waals surface area contributed by atoms with Gasteiger partial charge in [-0.1, -0.05) is 0 Å². The molecule has 1 N–H and O–H groups in total. The van der Waals surface area contributed by atoms with Gasteiger partial charge in [-0.15, -0.1) is 0 Å². The van der Waals surface area contributed by atoms with Gasteiger partial charge >= 0.3 is 6.18 Å². The largest absolute Gasteiger partial charge is 0.435 e. The van der Waals surface area contributed by atoms with E-state index in [4.69, 9.17) is 0 Å². The zero-order valence-corrected chi connectivity index (χ0v) is 8.30. The Morgan fingerprint density at radius 2 is 2.20 bits per heavy atom. The standard InChI is InChI=1S/C9H12F3N3/c1-15-5-7(2-6-3-13-4-6)8(14-15)9(10,11)12/h5-6,13H,2-4H2,1H3. The minimum atomic E-state index is -4.34. The van der Waals surface area contributed by atoms with Gasteiger partial charge in [0.2, 0.25) is 0 Å². The van der Waals surface area contributed by atoms with Crippen LogP contribution in [0.15, 0.2) is 6.20 Å². The lowest BCUT2D eigenvalue weighted by Gasteiger charge is -2.26. The average molecular weight is 219 g/mol. The molecular weight excluding hydrogens is 207 g/mol. The summed E-state index contributed by atoms with van der Waals surface area (Å²) in [6.45, 7) is 1.60. The van der Waals surface area contributed by atoms with Crippen molar-refractivity contribution in [3.63, 3.8) is 0 Å². The first-order chi connectivity index (χ1) is 6.97. The van der Waals surface area contributed by atoms with Crippen molar-refractivity contribution >= 4 is 0 Å². The van der Waals surface area contributed by atoms with Crippen LogP contribution in [0.5, 0.6) is 0 Å². The van der Waals surface area contributed by atoms with Crippen LogP contribution in [0.4, 0.5) is 13.2 Å². The first kappa shape index (κ1) is 10.5. The maximum absolute atomic E-state index is 12.5. The fourth-order valence-electron chi connectivity index (χ4n) is 1.73. The third-order valence-corrected chi connectivity index (χ3v) is 2.55. The van der Waals surface area contributed by atoms with E-state index in [2.05, 4.69) is 10.4 Å². The van der Waals surface area contributed by atoms with Gasteiger partial charge in [0.25, 0.3) is 0 Å². The third kappa shape index (κ3) is 2.14. The SMILES string of the molecule is Cn1cc(CC2CNC2)c(C(F)(F)F)n1. The highest BCUT2D eigenvalue weighted by Gasteiger charge is 2.37. The molecule has 6 heteroatoms. The fraction of sp³-hybridized carbons (Fsp3) is 0.667. The molecule has 84 valence electrons. The van der Waals surface area contributed by atoms with Crippen molar-refractivity contribution in [3.05, 3.63) is 17.5 Å². The third-order valence-electron chi connectivity index (χ3n) is 2.55. The Bertz CT molecular complexity index is 352. The number of halogens is 3. The Kier molecular flexibility index (Phi) is 2.46. The Morgan fingerprint density at radius 3 is 2.67 bits per heavy atom. The number of alkyl halides is 3. The molecule has 1 aliphatic rings. The number of aryl methyl sites for hydroxylation is 1. The highest BCUT2D eigenvalue weighted by atomic mass is 19.4. The molecule has 1 aromatic heterocycles. The van der Waals surface area contributed by atoms with E-state index in [1.807, 2.05) is 0 Å². The zero-order chi connectivity index (χ0) is 11.1. The number of aromatic nitrogens is 2. The van der Waals surface area contributed by atoms with Crippen molar-refractivity contribution in [2.24, 2.45) is 13.0 Å². The predicted octanol–water partition coefficient (Wildman–Crippen LogP) is 1.20. The Morgan fingerprint density at radius 1 is 1.53 bits per heavy atom. The molecule has 0 unspecified atom stereocenters. The van der Waals surface area contributed by atoms with E-state index in [-0.39, 0.29) is 0 Å². The molecule has 2 heterocycles. The molecule has 0 spiro atoms. The molecule has 1 fully saturated rings. The van der Waals surface area contributed by atoms with Crippen LogP contribution in [0.2, 0.25) is 0 Å². The lowest BCUT2D eigenvalue weighted by molar-refractivity contribution is -0.142. The van der Waals surface area contributed by atoms with Gasteiger partial charge in [-0.25, -0.2) is 0 Å². The van der Waals surface area contributed by atoms with E-state index in [9.17, 15) is 13.2 Å². The topological polar surface area (TPSA) is 29.9 Å².